The minimum absolute atomic E-state index is 0.217. The fraction of sp³-hybridized carbons (Fsp3) is 0.167. The summed E-state index contributed by atoms with van der Waals surface area (Å²) in [5.74, 6) is 0. The summed E-state index contributed by atoms with van der Waals surface area (Å²) < 4.78 is 1.47. The molecule has 1 N–H and O–H groups in total. The highest BCUT2D eigenvalue weighted by atomic mass is 16.3. The maximum atomic E-state index is 12.0. The molecule has 2 aromatic heterocycles. The van der Waals surface area contributed by atoms with Gasteiger partial charge in [-0.3, -0.25) is 14.3 Å². The van der Waals surface area contributed by atoms with Crippen molar-refractivity contribution in [3.63, 3.8) is 0 Å². The number of hydrogen-bond acceptors (Lipinski definition) is 3. The van der Waals surface area contributed by atoms with E-state index in [0.29, 0.717) is 11.3 Å². The number of aliphatic hydroxyl groups excluding tert-OH is 1. The molecule has 0 aliphatic heterocycles. The van der Waals surface area contributed by atoms with Gasteiger partial charge in [0.25, 0.3) is 5.56 Å². The maximum Gasteiger partial charge on any atom is 0.260 e. The Hall–Kier alpha value is -1.94. The van der Waals surface area contributed by atoms with E-state index >= 15 is 0 Å². The van der Waals surface area contributed by atoms with Gasteiger partial charge in [-0.2, -0.15) is 0 Å². The number of aliphatic hydroxyl groups is 1. The van der Waals surface area contributed by atoms with Crippen molar-refractivity contribution in [2.24, 2.45) is 0 Å². The van der Waals surface area contributed by atoms with E-state index in [2.05, 4.69) is 4.98 Å². The summed E-state index contributed by atoms with van der Waals surface area (Å²) in [6, 6.07) is 6.91. The number of nitrogens with zero attached hydrogens (tertiary/aromatic N) is 2. The van der Waals surface area contributed by atoms with Gasteiger partial charge in [-0.1, -0.05) is 0 Å². The second-order valence-electron chi connectivity index (χ2n) is 3.53. The predicted molar refractivity (Wildman–Crippen MR) is 60.5 cm³/mol. The lowest BCUT2D eigenvalue weighted by molar-refractivity contribution is 0.197. The highest BCUT2D eigenvalue weighted by Gasteiger charge is 2.08. The Balaban J connectivity index is 2.60. The molecule has 0 saturated heterocycles. The van der Waals surface area contributed by atoms with Gasteiger partial charge in [0, 0.05) is 18.0 Å². The molecule has 0 spiro atoms. The van der Waals surface area contributed by atoms with Gasteiger partial charge in [-0.25, -0.2) is 0 Å². The van der Waals surface area contributed by atoms with E-state index in [1.165, 1.54) is 4.57 Å². The van der Waals surface area contributed by atoms with Crippen LogP contribution >= 0.6 is 0 Å². The number of rotatable bonds is 2. The number of pyridine rings is 2. The Morgan fingerprint density at radius 2 is 2.19 bits per heavy atom. The lowest BCUT2D eigenvalue weighted by atomic mass is 10.2. The molecule has 82 valence electrons. The molecule has 4 nitrogen and oxygen atoms in total. The van der Waals surface area contributed by atoms with E-state index in [0.717, 1.165) is 0 Å². The van der Waals surface area contributed by atoms with E-state index in [4.69, 9.17) is 0 Å². The third-order valence-electron chi connectivity index (χ3n) is 2.35. The lowest BCUT2D eigenvalue weighted by Crippen LogP contribution is -2.22. The standard InChI is InChI=1S/C12H12N2O2/c1-9(15)11-5-3-7-14(12(11)16)10-4-2-6-13-8-10/h2-9,15H,1H3/t9-/m0/s1. The molecule has 4 heteroatoms. The highest BCUT2D eigenvalue weighted by molar-refractivity contribution is 5.30. The molecule has 0 bridgehead atoms. The van der Waals surface area contributed by atoms with Crippen LogP contribution in [0.15, 0.2) is 47.7 Å². The Morgan fingerprint density at radius 3 is 2.81 bits per heavy atom. The van der Waals surface area contributed by atoms with Crippen LogP contribution in [0.25, 0.3) is 5.69 Å². The normalized spacial score (nSPS) is 12.4. The fourth-order valence-electron chi connectivity index (χ4n) is 1.53. The molecule has 0 aliphatic rings. The molecule has 0 unspecified atom stereocenters. The van der Waals surface area contributed by atoms with Crippen LogP contribution < -0.4 is 5.56 Å². The SMILES string of the molecule is C[C@H](O)c1cccn(-c2cccnc2)c1=O. The van der Waals surface area contributed by atoms with Gasteiger partial charge in [0.05, 0.1) is 18.0 Å². The lowest BCUT2D eigenvalue weighted by Gasteiger charge is -2.08. The zero-order valence-corrected chi connectivity index (χ0v) is 8.87. The molecule has 0 amide bonds. The Kier molecular flexibility index (Phi) is 2.83. The summed E-state index contributed by atoms with van der Waals surface area (Å²) in [7, 11) is 0. The van der Waals surface area contributed by atoms with E-state index in [1.54, 1.807) is 49.8 Å². The second-order valence-corrected chi connectivity index (χ2v) is 3.53. The van der Waals surface area contributed by atoms with Gasteiger partial charge in [0.15, 0.2) is 0 Å². The zero-order chi connectivity index (χ0) is 11.5. The molecule has 0 aromatic carbocycles. The van der Waals surface area contributed by atoms with Crippen molar-refractivity contribution < 1.29 is 5.11 Å². The molecule has 0 aliphatic carbocycles. The van der Waals surface area contributed by atoms with Crippen molar-refractivity contribution >= 4 is 0 Å². The number of hydrogen-bond donors (Lipinski definition) is 1. The van der Waals surface area contributed by atoms with Gasteiger partial charge >= 0.3 is 0 Å². The van der Waals surface area contributed by atoms with E-state index in [9.17, 15) is 9.90 Å². The molecule has 2 heterocycles. The van der Waals surface area contributed by atoms with Crippen molar-refractivity contribution in [3.05, 3.63) is 58.8 Å². The largest absolute Gasteiger partial charge is 0.388 e. The van der Waals surface area contributed by atoms with Crippen molar-refractivity contribution in [1.82, 2.24) is 9.55 Å². The topological polar surface area (TPSA) is 55.1 Å². The van der Waals surface area contributed by atoms with Gasteiger partial charge in [-0.05, 0) is 31.2 Å². The average Bonchev–Trinajstić information content (AvgIpc) is 2.30. The zero-order valence-electron chi connectivity index (χ0n) is 8.87. The van der Waals surface area contributed by atoms with Crippen LogP contribution in [0.2, 0.25) is 0 Å². The van der Waals surface area contributed by atoms with Gasteiger partial charge < -0.3 is 5.11 Å². The first kappa shape index (κ1) is 10.6. The Bertz CT molecular complexity index is 532. The average molecular weight is 216 g/mol. The molecule has 16 heavy (non-hydrogen) atoms. The van der Waals surface area contributed by atoms with Gasteiger partial charge in [0.2, 0.25) is 0 Å². The monoisotopic (exact) mass is 216 g/mol. The maximum absolute atomic E-state index is 12.0. The molecular weight excluding hydrogens is 204 g/mol. The summed E-state index contributed by atoms with van der Waals surface area (Å²) in [4.78, 5) is 15.9. The first-order chi connectivity index (χ1) is 7.70. The van der Waals surface area contributed by atoms with Crippen LogP contribution in [-0.4, -0.2) is 14.7 Å². The second kappa shape index (κ2) is 4.28. The van der Waals surface area contributed by atoms with E-state index in [1.807, 2.05) is 0 Å². The summed E-state index contributed by atoms with van der Waals surface area (Å²) in [6.07, 6.45) is 4.14. The molecule has 0 saturated carbocycles. The van der Waals surface area contributed by atoms with Gasteiger partial charge in [-0.15, -0.1) is 0 Å². The fourth-order valence-corrected chi connectivity index (χ4v) is 1.53. The molecule has 0 fully saturated rings. The van der Waals surface area contributed by atoms with Crippen molar-refractivity contribution in [3.8, 4) is 5.69 Å². The Labute approximate surface area is 92.8 Å². The molecule has 0 radical (unpaired) electrons. The first-order valence-corrected chi connectivity index (χ1v) is 5.00. The number of aromatic nitrogens is 2. The molecular formula is C12H12N2O2. The van der Waals surface area contributed by atoms with Crippen LogP contribution in [0.3, 0.4) is 0 Å². The van der Waals surface area contributed by atoms with Gasteiger partial charge in [0.1, 0.15) is 0 Å². The highest BCUT2D eigenvalue weighted by Crippen LogP contribution is 2.08. The minimum Gasteiger partial charge on any atom is -0.388 e. The van der Waals surface area contributed by atoms with E-state index < -0.39 is 6.10 Å². The van der Waals surface area contributed by atoms with Crippen LogP contribution in [0.4, 0.5) is 0 Å². The molecule has 2 rings (SSSR count). The van der Waals surface area contributed by atoms with Crippen molar-refractivity contribution in [2.45, 2.75) is 13.0 Å². The third kappa shape index (κ3) is 1.87. The predicted octanol–water partition coefficient (Wildman–Crippen LogP) is 1.29. The molecule has 2 aromatic rings. The minimum atomic E-state index is -0.767. The summed E-state index contributed by atoms with van der Waals surface area (Å²) >= 11 is 0. The summed E-state index contributed by atoms with van der Waals surface area (Å²) in [5, 5.41) is 9.45. The van der Waals surface area contributed by atoms with Crippen molar-refractivity contribution in [2.75, 3.05) is 0 Å². The van der Waals surface area contributed by atoms with Crippen LogP contribution in [-0.2, 0) is 0 Å². The van der Waals surface area contributed by atoms with Crippen LogP contribution in [0, 0.1) is 0 Å². The van der Waals surface area contributed by atoms with E-state index in [-0.39, 0.29) is 5.56 Å². The summed E-state index contributed by atoms with van der Waals surface area (Å²) in [5.41, 5.74) is 0.854. The third-order valence-corrected chi connectivity index (χ3v) is 2.35. The quantitative estimate of drug-likeness (QED) is 0.822. The molecule has 1 atom stereocenters. The smallest absolute Gasteiger partial charge is 0.260 e. The Morgan fingerprint density at radius 1 is 1.38 bits per heavy atom. The van der Waals surface area contributed by atoms with Crippen LogP contribution in [0.5, 0.6) is 0 Å². The van der Waals surface area contributed by atoms with Crippen LogP contribution in [0.1, 0.15) is 18.6 Å². The first-order valence-electron chi connectivity index (χ1n) is 5.00. The van der Waals surface area contributed by atoms with Crippen molar-refractivity contribution in [1.29, 1.82) is 0 Å². The summed E-state index contributed by atoms with van der Waals surface area (Å²) in [6.45, 7) is 1.57.